The number of carbonyl (C=O) groups excluding carboxylic acids is 1. The molecule has 7 heteroatoms. The molecule has 1 atom stereocenters. The molecule has 1 aromatic heterocycles. The lowest BCUT2D eigenvalue weighted by Crippen LogP contribution is -2.41. The van der Waals surface area contributed by atoms with Crippen LogP contribution in [0.25, 0.3) is 0 Å². The number of guanidine groups is 1. The number of halogens is 1. The van der Waals surface area contributed by atoms with Gasteiger partial charge in [-0.1, -0.05) is 28.1 Å². The van der Waals surface area contributed by atoms with E-state index in [-0.39, 0.29) is 11.9 Å². The van der Waals surface area contributed by atoms with Gasteiger partial charge in [-0.25, -0.2) is 4.99 Å². The first-order chi connectivity index (χ1) is 10.5. The highest BCUT2D eigenvalue weighted by atomic mass is 79.9. The van der Waals surface area contributed by atoms with Gasteiger partial charge in [-0.2, -0.15) is 5.10 Å². The second-order valence-electron chi connectivity index (χ2n) is 5.14. The fraction of sp³-hybridized carbons (Fsp3) is 0.267. The van der Waals surface area contributed by atoms with Crippen molar-refractivity contribution in [2.75, 3.05) is 7.05 Å². The van der Waals surface area contributed by atoms with E-state index >= 15 is 0 Å². The number of rotatable bonds is 3. The molecule has 6 nitrogen and oxygen atoms in total. The van der Waals surface area contributed by atoms with E-state index < -0.39 is 5.54 Å². The quantitative estimate of drug-likeness (QED) is 0.903. The van der Waals surface area contributed by atoms with Gasteiger partial charge in [0.05, 0.1) is 6.20 Å². The number of aryl methyl sites for hydroxylation is 1. The summed E-state index contributed by atoms with van der Waals surface area (Å²) in [4.78, 5) is 18.8. The smallest absolute Gasteiger partial charge is 0.266 e. The van der Waals surface area contributed by atoms with Gasteiger partial charge in [-0.3, -0.25) is 14.4 Å². The van der Waals surface area contributed by atoms with Crippen LogP contribution in [0.1, 0.15) is 18.1 Å². The molecule has 0 saturated carbocycles. The minimum Gasteiger partial charge on any atom is -0.369 e. The molecule has 1 aliphatic rings. The average molecular weight is 362 g/mol. The molecule has 1 aromatic carbocycles. The lowest BCUT2D eigenvalue weighted by Gasteiger charge is -2.24. The molecule has 3 rings (SSSR count). The van der Waals surface area contributed by atoms with Crippen molar-refractivity contribution in [2.24, 2.45) is 10.7 Å². The Bertz CT molecular complexity index is 769. The highest BCUT2D eigenvalue weighted by molar-refractivity contribution is 9.10. The van der Waals surface area contributed by atoms with E-state index in [1.54, 1.807) is 17.9 Å². The molecule has 2 aromatic rings. The van der Waals surface area contributed by atoms with Gasteiger partial charge in [0.2, 0.25) is 0 Å². The van der Waals surface area contributed by atoms with Crippen molar-refractivity contribution in [2.45, 2.75) is 19.0 Å². The minimum absolute atomic E-state index is 0.182. The number of hydrogen-bond acceptors (Lipinski definition) is 4. The second kappa shape index (κ2) is 5.24. The second-order valence-corrected chi connectivity index (χ2v) is 6.06. The van der Waals surface area contributed by atoms with Crippen LogP contribution in [0.4, 0.5) is 0 Å². The van der Waals surface area contributed by atoms with Crippen LogP contribution in [0.5, 0.6) is 0 Å². The van der Waals surface area contributed by atoms with E-state index in [1.807, 2.05) is 37.4 Å². The maximum absolute atomic E-state index is 12.9. The van der Waals surface area contributed by atoms with Crippen molar-refractivity contribution in [1.82, 2.24) is 14.7 Å². The number of carbonyl (C=O) groups is 1. The highest BCUT2D eigenvalue weighted by Gasteiger charge is 2.50. The Kier molecular flexibility index (Phi) is 3.52. The zero-order valence-electron chi connectivity index (χ0n) is 12.3. The van der Waals surface area contributed by atoms with Crippen LogP contribution in [0.15, 0.2) is 46.1 Å². The molecule has 2 heterocycles. The molecule has 114 valence electrons. The topological polar surface area (TPSA) is 76.5 Å². The molecule has 1 unspecified atom stereocenters. The Morgan fingerprint density at radius 3 is 2.68 bits per heavy atom. The molecule has 1 amide bonds. The minimum atomic E-state index is -1.17. The highest BCUT2D eigenvalue weighted by Crippen LogP contribution is 2.39. The third-order valence-corrected chi connectivity index (χ3v) is 4.35. The number of aromatic nitrogens is 2. The number of hydrogen-bond donors (Lipinski definition) is 1. The Labute approximate surface area is 136 Å². The lowest BCUT2D eigenvalue weighted by atomic mass is 9.84. The van der Waals surface area contributed by atoms with Gasteiger partial charge < -0.3 is 5.73 Å². The van der Waals surface area contributed by atoms with Crippen molar-refractivity contribution in [1.29, 1.82) is 0 Å². The number of amides is 1. The molecule has 2 N–H and O–H groups in total. The molecule has 0 radical (unpaired) electrons. The standard InChI is InChI=1S/C15H16BrN5O/c1-3-21-9-11(8-18-21)15(10-5-4-6-12(16)7-10)13(22)20(2)14(17)19-15/h4-9H,3H2,1-2H3,(H2,17,19). The van der Waals surface area contributed by atoms with Crippen molar-refractivity contribution >= 4 is 27.8 Å². The molecule has 0 saturated heterocycles. The first-order valence-corrected chi connectivity index (χ1v) is 7.70. The summed E-state index contributed by atoms with van der Waals surface area (Å²) >= 11 is 3.45. The molecule has 1 aliphatic heterocycles. The van der Waals surface area contributed by atoms with Gasteiger partial charge in [0, 0.05) is 29.8 Å². The average Bonchev–Trinajstić information content (AvgIpc) is 3.07. The predicted molar refractivity (Wildman–Crippen MR) is 87.2 cm³/mol. The van der Waals surface area contributed by atoms with Gasteiger partial charge in [0.1, 0.15) is 0 Å². The first-order valence-electron chi connectivity index (χ1n) is 6.91. The fourth-order valence-electron chi connectivity index (χ4n) is 2.62. The summed E-state index contributed by atoms with van der Waals surface area (Å²) in [7, 11) is 1.63. The van der Waals surface area contributed by atoms with Crippen LogP contribution in [-0.4, -0.2) is 33.6 Å². The van der Waals surface area contributed by atoms with E-state index in [0.29, 0.717) is 5.56 Å². The Morgan fingerprint density at radius 1 is 1.36 bits per heavy atom. The zero-order chi connectivity index (χ0) is 15.9. The van der Waals surface area contributed by atoms with E-state index in [2.05, 4.69) is 26.0 Å². The maximum atomic E-state index is 12.9. The summed E-state index contributed by atoms with van der Waals surface area (Å²) in [5, 5.41) is 4.28. The monoisotopic (exact) mass is 361 g/mol. The summed E-state index contributed by atoms with van der Waals surface area (Å²) in [6.45, 7) is 2.71. The van der Waals surface area contributed by atoms with E-state index in [4.69, 9.17) is 5.73 Å². The molecule has 22 heavy (non-hydrogen) atoms. The SMILES string of the molecule is CCn1cc(C2(c3cccc(Br)c3)N=C(N)N(C)C2=O)cn1. The van der Waals surface area contributed by atoms with Crippen molar-refractivity contribution in [3.05, 3.63) is 52.3 Å². The third kappa shape index (κ3) is 2.04. The van der Waals surface area contributed by atoms with Gasteiger partial charge in [-0.15, -0.1) is 0 Å². The van der Waals surface area contributed by atoms with E-state index in [9.17, 15) is 4.79 Å². The number of aliphatic imine (C=N–C) groups is 1. The lowest BCUT2D eigenvalue weighted by molar-refractivity contribution is -0.129. The van der Waals surface area contributed by atoms with Crippen LogP contribution in [0.2, 0.25) is 0 Å². The Hall–Kier alpha value is -2.15. The van der Waals surface area contributed by atoms with Crippen molar-refractivity contribution in [3.8, 4) is 0 Å². The Balaban J connectivity index is 2.26. The first kappa shape index (κ1) is 14.8. The van der Waals surface area contributed by atoms with Gasteiger partial charge in [0.15, 0.2) is 11.5 Å². The summed E-state index contributed by atoms with van der Waals surface area (Å²) in [6.07, 6.45) is 3.52. The largest absolute Gasteiger partial charge is 0.369 e. The number of benzene rings is 1. The maximum Gasteiger partial charge on any atom is 0.266 e. The van der Waals surface area contributed by atoms with Crippen LogP contribution >= 0.6 is 15.9 Å². The summed E-state index contributed by atoms with van der Waals surface area (Å²) in [5.41, 5.74) is 6.21. The van der Waals surface area contributed by atoms with E-state index in [1.165, 1.54) is 4.90 Å². The summed E-state index contributed by atoms with van der Waals surface area (Å²) in [6, 6.07) is 7.55. The summed E-state index contributed by atoms with van der Waals surface area (Å²) in [5.74, 6) is 0.0213. The van der Waals surface area contributed by atoms with Crippen molar-refractivity contribution < 1.29 is 4.79 Å². The zero-order valence-corrected chi connectivity index (χ0v) is 13.9. The fourth-order valence-corrected chi connectivity index (χ4v) is 3.02. The van der Waals surface area contributed by atoms with Crippen LogP contribution in [-0.2, 0) is 16.9 Å². The number of nitrogens with two attached hydrogens (primary N) is 1. The van der Waals surface area contributed by atoms with E-state index in [0.717, 1.165) is 16.6 Å². The molecule has 0 spiro atoms. The molecule has 0 aliphatic carbocycles. The van der Waals surface area contributed by atoms with Gasteiger partial charge >= 0.3 is 0 Å². The van der Waals surface area contributed by atoms with Crippen LogP contribution in [0, 0.1) is 0 Å². The summed E-state index contributed by atoms with van der Waals surface area (Å²) < 4.78 is 2.65. The van der Waals surface area contributed by atoms with Crippen LogP contribution < -0.4 is 5.73 Å². The Morgan fingerprint density at radius 2 is 2.14 bits per heavy atom. The molecular formula is C15H16BrN5O. The molecular weight excluding hydrogens is 346 g/mol. The number of likely N-dealkylation sites (N-methyl/N-ethyl adjacent to an activating group) is 1. The third-order valence-electron chi connectivity index (χ3n) is 3.86. The molecule has 0 bridgehead atoms. The van der Waals surface area contributed by atoms with Gasteiger partial charge in [0.25, 0.3) is 5.91 Å². The normalized spacial score (nSPS) is 21.3. The van der Waals surface area contributed by atoms with Crippen molar-refractivity contribution in [3.63, 3.8) is 0 Å². The van der Waals surface area contributed by atoms with Crippen LogP contribution in [0.3, 0.4) is 0 Å². The number of nitrogens with zero attached hydrogens (tertiary/aromatic N) is 4. The predicted octanol–water partition coefficient (Wildman–Crippen LogP) is 1.70. The molecule has 0 fully saturated rings. The van der Waals surface area contributed by atoms with Gasteiger partial charge in [-0.05, 0) is 24.6 Å².